The van der Waals surface area contributed by atoms with E-state index >= 15 is 0 Å². The monoisotopic (exact) mass is 250 g/mol. The predicted molar refractivity (Wildman–Crippen MR) is 69.1 cm³/mol. The molecule has 5 nitrogen and oxygen atoms in total. The van der Waals surface area contributed by atoms with Crippen molar-refractivity contribution in [2.45, 2.75) is 12.1 Å². The van der Waals surface area contributed by atoms with Crippen molar-refractivity contribution in [3.63, 3.8) is 0 Å². The highest BCUT2D eigenvalue weighted by atomic mass is 16.3. The van der Waals surface area contributed by atoms with E-state index in [4.69, 9.17) is 0 Å². The summed E-state index contributed by atoms with van der Waals surface area (Å²) in [6.07, 6.45) is 1.87. The average molecular weight is 250 g/mol. The molecule has 2 rings (SSSR count). The van der Waals surface area contributed by atoms with Crippen molar-refractivity contribution in [2.75, 3.05) is 19.8 Å². The van der Waals surface area contributed by atoms with E-state index in [9.17, 15) is 15.3 Å². The first-order chi connectivity index (χ1) is 8.74. The van der Waals surface area contributed by atoms with Crippen LogP contribution >= 0.6 is 0 Å². The summed E-state index contributed by atoms with van der Waals surface area (Å²) in [5.74, 6) is 0. The van der Waals surface area contributed by atoms with Crippen molar-refractivity contribution >= 4 is 10.9 Å². The van der Waals surface area contributed by atoms with Gasteiger partial charge in [0, 0.05) is 23.6 Å². The maximum atomic E-state index is 9.24. The number of aromatic amines is 1. The van der Waals surface area contributed by atoms with Crippen LogP contribution in [0.3, 0.4) is 0 Å². The summed E-state index contributed by atoms with van der Waals surface area (Å²) in [5.41, 5.74) is 1.05. The van der Waals surface area contributed by atoms with Crippen LogP contribution < -0.4 is 5.32 Å². The molecule has 0 fully saturated rings. The molecule has 0 aliphatic carbocycles. The number of aliphatic hydroxyl groups is 3. The summed E-state index contributed by atoms with van der Waals surface area (Å²) in [6.45, 7) is -0.480. The van der Waals surface area contributed by atoms with Crippen molar-refractivity contribution in [1.29, 1.82) is 0 Å². The lowest BCUT2D eigenvalue weighted by molar-refractivity contribution is 0.0414. The lowest BCUT2D eigenvalue weighted by Gasteiger charge is -2.29. The zero-order valence-electron chi connectivity index (χ0n) is 10.1. The SMILES string of the molecule is OCC(CO)(CO)NCc1cccc2[nH]ccc12. The highest BCUT2D eigenvalue weighted by molar-refractivity contribution is 5.82. The molecule has 1 heterocycles. The molecular weight excluding hydrogens is 232 g/mol. The molecular formula is C13H18N2O3. The quantitative estimate of drug-likeness (QED) is 0.498. The Balaban J connectivity index is 2.17. The summed E-state index contributed by atoms with van der Waals surface area (Å²) in [7, 11) is 0. The first kappa shape index (κ1) is 13.0. The molecule has 0 saturated carbocycles. The Morgan fingerprint density at radius 1 is 1.06 bits per heavy atom. The maximum Gasteiger partial charge on any atom is 0.0884 e. The van der Waals surface area contributed by atoms with Crippen LogP contribution in [0.15, 0.2) is 30.5 Å². The number of nitrogens with one attached hydrogen (secondary N) is 2. The minimum Gasteiger partial charge on any atom is -0.394 e. The predicted octanol–water partition coefficient (Wildman–Crippen LogP) is -0.0268. The molecule has 0 saturated heterocycles. The van der Waals surface area contributed by atoms with Crippen LogP contribution in [0.25, 0.3) is 10.9 Å². The van der Waals surface area contributed by atoms with Gasteiger partial charge in [0.25, 0.3) is 0 Å². The molecule has 0 spiro atoms. The van der Waals surface area contributed by atoms with Crippen LogP contribution in [-0.4, -0.2) is 45.7 Å². The summed E-state index contributed by atoms with van der Waals surface area (Å²) in [4.78, 5) is 3.12. The van der Waals surface area contributed by atoms with Crippen molar-refractivity contribution in [3.8, 4) is 0 Å². The molecule has 1 aromatic carbocycles. The number of benzene rings is 1. The van der Waals surface area contributed by atoms with Crippen molar-refractivity contribution in [3.05, 3.63) is 36.0 Å². The minimum atomic E-state index is -1.04. The van der Waals surface area contributed by atoms with Gasteiger partial charge < -0.3 is 25.6 Å². The van der Waals surface area contributed by atoms with Gasteiger partial charge in [-0.25, -0.2) is 0 Å². The Bertz CT molecular complexity index is 497. The van der Waals surface area contributed by atoms with Gasteiger partial charge in [-0.1, -0.05) is 12.1 Å². The van der Waals surface area contributed by atoms with E-state index in [1.54, 1.807) is 0 Å². The van der Waals surface area contributed by atoms with Crippen molar-refractivity contribution in [2.24, 2.45) is 0 Å². The Kier molecular flexibility index (Phi) is 3.98. The second kappa shape index (κ2) is 5.49. The smallest absolute Gasteiger partial charge is 0.0884 e. The standard InChI is InChI=1S/C13H18N2O3/c16-7-13(8-17,9-18)15-6-10-2-1-3-12-11(10)4-5-14-12/h1-5,14-18H,6-9H2. The molecule has 98 valence electrons. The number of hydrogen-bond donors (Lipinski definition) is 5. The van der Waals surface area contributed by atoms with Gasteiger partial charge in [-0.3, -0.25) is 0 Å². The van der Waals surface area contributed by atoms with E-state index in [0.29, 0.717) is 6.54 Å². The summed E-state index contributed by atoms with van der Waals surface area (Å²) in [5, 5.41) is 31.8. The summed E-state index contributed by atoms with van der Waals surface area (Å²) < 4.78 is 0. The van der Waals surface area contributed by atoms with Crippen LogP contribution in [0.1, 0.15) is 5.56 Å². The molecule has 0 aliphatic rings. The van der Waals surface area contributed by atoms with Gasteiger partial charge >= 0.3 is 0 Å². The van der Waals surface area contributed by atoms with Crippen LogP contribution in [0.5, 0.6) is 0 Å². The summed E-state index contributed by atoms with van der Waals surface area (Å²) >= 11 is 0. The van der Waals surface area contributed by atoms with Crippen LogP contribution in [0.4, 0.5) is 0 Å². The topological polar surface area (TPSA) is 88.5 Å². The first-order valence-corrected chi connectivity index (χ1v) is 5.87. The van der Waals surface area contributed by atoms with Crippen molar-refractivity contribution in [1.82, 2.24) is 10.3 Å². The number of hydrogen-bond acceptors (Lipinski definition) is 4. The third kappa shape index (κ3) is 2.39. The zero-order chi connectivity index (χ0) is 13.0. The first-order valence-electron chi connectivity index (χ1n) is 5.87. The lowest BCUT2D eigenvalue weighted by Crippen LogP contribution is -2.54. The third-order valence-corrected chi connectivity index (χ3v) is 3.25. The van der Waals surface area contributed by atoms with Gasteiger partial charge in [-0.05, 0) is 17.7 Å². The van der Waals surface area contributed by atoms with E-state index in [0.717, 1.165) is 16.5 Å². The number of H-pyrrole nitrogens is 1. The highest BCUT2D eigenvalue weighted by Crippen LogP contribution is 2.18. The van der Waals surface area contributed by atoms with Gasteiger partial charge in [-0.15, -0.1) is 0 Å². The van der Waals surface area contributed by atoms with Gasteiger partial charge in [0.15, 0.2) is 0 Å². The van der Waals surface area contributed by atoms with Crippen LogP contribution in [0, 0.1) is 0 Å². The molecule has 0 atom stereocenters. The fourth-order valence-corrected chi connectivity index (χ4v) is 1.91. The number of aliphatic hydroxyl groups excluding tert-OH is 3. The second-order valence-corrected chi connectivity index (χ2v) is 4.46. The lowest BCUT2D eigenvalue weighted by atomic mass is 10.0. The Morgan fingerprint density at radius 2 is 1.78 bits per heavy atom. The van der Waals surface area contributed by atoms with Gasteiger partial charge in [0.2, 0.25) is 0 Å². The van der Waals surface area contributed by atoms with E-state index in [-0.39, 0.29) is 19.8 Å². The molecule has 5 heteroatoms. The van der Waals surface area contributed by atoms with E-state index in [2.05, 4.69) is 10.3 Å². The Morgan fingerprint density at radius 3 is 2.44 bits per heavy atom. The number of rotatable bonds is 6. The van der Waals surface area contributed by atoms with Crippen molar-refractivity contribution < 1.29 is 15.3 Å². The minimum absolute atomic E-state index is 0.316. The molecule has 0 amide bonds. The van der Waals surface area contributed by atoms with Gasteiger partial charge in [0.1, 0.15) is 0 Å². The molecule has 5 N–H and O–H groups in total. The largest absolute Gasteiger partial charge is 0.394 e. The van der Waals surface area contributed by atoms with E-state index < -0.39 is 5.54 Å². The normalized spacial score (nSPS) is 12.2. The molecule has 0 radical (unpaired) electrons. The van der Waals surface area contributed by atoms with Crippen LogP contribution in [0.2, 0.25) is 0 Å². The molecule has 0 unspecified atom stereocenters. The fourth-order valence-electron chi connectivity index (χ4n) is 1.91. The van der Waals surface area contributed by atoms with Gasteiger partial charge in [0.05, 0.1) is 25.4 Å². The molecule has 1 aromatic heterocycles. The van der Waals surface area contributed by atoms with E-state index in [1.165, 1.54) is 0 Å². The van der Waals surface area contributed by atoms with Crippen LogP contribution in [-0.2, 0) is 6.54 Å². The Hall–Kier alpha value is -1.40. The number of aromatic nitrogens is 1. The second-order valence-electron chi connectivity index (χ2n) is 4.46. The highest BCUT2D eigenvalue weighted by Gasteiger charge is 2.27. The molecule has 0 bridgehead atoms. The molecule has 0 aliphatic heterocycles. The third-order valence-electron chi connectivity index (χ3n) is 3.25. The zero-order valence-corrected chi connectivity index (χ0v) is 10.1. The molecule has 2 aromatic rings. The average Bonchev–Trinajstić information content (AvgIpc) is 2.90. The maximum absolute atomic E-state index is 9.24. The van der Waals surface area contributed by atoms with E-state index in [1.807, 2.05) is 30.5 Å². The number of fused-ring (bicyclic) bond motifs is 1. The fraction of sp³-hybridized carbons (Fsp3) is 0.385. The summed E-state index contributed by atoms with van der Waals surface area (Å²) in [6, 6.07) is 7.87. The Labute approximate surface area is 105 Å². The molecule has 18 heavy (non-hydrogen) atoms. The van der Waals surface area contributed by atoms with Gasteiger partial charge in [-0.2, -0.15) is 0 Å².